The van der Waals surface area contributed by atoms with Gasteiger partial charge in [-0.3, -0.25) is 10.1 Å². The molecule has 0 aromatic heterocycles. The van der Waals surface area contributed by atoms with Gasteiger partial charge in [0.25, 0.3) is 0 Å². The van der Waals surface area contributed by atoms with Gasteiger partial charge < -0.3 is 4.74 Å². The number of nitrogens with zero attached hydrogens (tertiary/aromatic N) is 1. The quantitative estimate of drug-likeness (QED) is 0.616. The van der Waals surface area contributed by atoms with Gasteiger partial charge in [-0.25, -0.2) is 0 Å². The summed E-state index contributed by atoms with van der Waals surface area (Å²) in [5.41, 5.74) is 1.36. The highest BCUT2D eigenvalue weighted by Crippen LogP contribution is 2.29. The molecular weight excluding hydrogens is 249 g/mol. The number of hydrogen-bond acceptors (Lipinski definition) is 3. The Morgan fingerprint density at radius 3 is 2.53 bits per heavy atom. The monoisotopic (exact) mass is 261 g/mol. The van der Waals surface area contributed by atoms with E-state index in [4.69, 9.17) is 4.74 Å². The smallest absolute Gasteiger partial charge is 0.305 e. The summed E-state index contributed by atoms with van der Waals surface area (Å²) in [6.07, 6.45) is 0. The van der Waals surface area contributed by atoms with E-state index in [1.54, 1.807) is 0 Å². The third kappa shape index (κ3) is 2.88. The van der Waals surface area contributed by atoms with Crippen molar-refractivity contribution in [1.29, 1.82) is 0 Å². The number of nitro benzene ring substituents is 1. The highest BCUT2D eigenvalue weighted by Gasteiger charge is 2.14. The van der Waals surface area contributed by atoms with Crippen LogP contribution in [0.15, 0.2) is 36.4 Å². The van der Waals surface area contributed by atoms with E-state index in [1.165, 1.54) is 6.07 Å². The molecule has 0 spiro atoms. The van der Waals surface area contributed by atoms with Crippen LogP contribution in [0.2, 0.25) is 0 Å². The molecule has 0 aliphatic rings. The summed E-state index contributed by atoms with van der Waals surface area (Å²) in [5.74, 6) is -0.0714. The molecule has 2 rings (SSSR count). The van der Waals surface area contributed by atoms with Crippen LogP contribution in [-0.4, -0.2) is 4.92 Å². The average molecular weight is 261 g/mol. The molecule has 0 aliphatic heterocycles. The topological polar surface area (TPSA) is 52.4 Å². The van der Waals surface area contributed by atoms with Gasteiger partial charge in [0.2, 0.25) is 5.82 Å². The van der Waals surface area contributed by atoms with Crippen molar-refractivity contribution in [2.45, 2.75) is 13.8 Å². The summed E-state index contributed by atoms with van der Waals surface area (Å²) in [5, 5.41) is 10.5. The van der Waals surface area contributed by atoms with Crippen LogP contribution in [0.3, 0.4) is 0 Å². The number of nitro groups is 1. The Hall–Kier alpha value is -2.43. The van der Waals surface area contributed by atoms with Crippen LogP contribution < -0.4 is 4.74 Å². The highest BCUT2D eigenvalue weighted by atomic mass is 19.1. The number of aryl methyl sites for hydroxylation is 2. The third-order valence-corrected chi connectivity index (χ3v) is 2.69. The largest absolute Gasteiger partial charge is 0.457 e. The molecule has 0 saturated carbocycles. The van der Waals surface area contributed by atoms with Crippen molar-refractivity contribution in [2.24, 2.45) is 0 Å². The fraction of sp³-hybridized carbons (Fsp3) is 0.143. The summed E-state index contributed by atoms with van der Waals surface area (Å²) < 4.78 is 19.0. The van der Waals surface area contributed by atoms with E-state index in [9.17, 15) is 14.5 Å². The molecule has 19 heavy (non-hydrogen) atoms. The Morgan fingerprint density at radius 1 is 1.16 bits per heavy atom. The molecule has 4 nitrogen and oxygen atoms in total. The number of benzene rings is 2. The second-order valence-electron chi connectivity index (χ2n) is 4.24. The normalized spacial score (nSPS) is 10.3. The summed E-state index contributed by atoms with van der Waals surface area (Å²) in [4.78, 5) is 9.75. The van der Waals surface area contributed by atoms with Crippen molar-refractivity contribution < 1.29 is 14.1 Å². The molecule has 0 unspecified atom stereocenters. The number of halogens is 1. The molecule has 98 valence electrons. The highest BCUT2D eigenvalue weighted by molar-refractivity contribution is 5.43. The number of rotatable bonds is 3. The molecular formula is C14H12FNO3. The van der Waals surface area contributed by atoms with Gasteiger partial charge in [-0.1, -0.05) is 12.1 Å². The Morgan fingerprint density at radius 2 is 1.89 bits per heavy atom. The number of hydrogen-bond donors (Lipinski definition) is 0. The molecule has 0 amide bonds. The van der Waals surface area contributed by atoms with Gasteiger partial charge in [0.15, 0.2) is 0 Å². The van der Waals surface area contributed by atoms with E-state index in [2.05, 4.69) is 0 Å². The molecule has 0 heterocycles. The fourth-order valence-electron chi connectivity index (χ4n) is 1.64. The van der Waals surface area contributed by atoms with Gasteiger partial charge in [0, 0.05) is 12.1 Å². The first-order valence-electron chi connectivity index (χ1n) is 5.66. The maximum atomic E-state index is 13.5. The van der Waals surface area contributed by atoms with E-state index < -0.39 is 16.4 Å². The van der Waals surface area contributed by atoms with Crippen LogP contribution in [0.5, 0.6) is 11.5 Å². The van der Waals surface area contributed by atoms with Crippen LogP contribution in [0.1, 0.15) is 11.1 Å². The standard InChI is InChI=1S/C14H12FNO3/c1-9-3-4-10(2)14(7-9)19-11-5-6-13(16(17)18)12(15)8-11/h3-8H,1-2H3. The SMILES string of the molecule is Cc1ccc(C)c(Oc2ccc([N+](=O)[O-])c(F)c2)c1. The minimum Gasteiger partial charge on any atom is -0.457 e. The lowest BCUT2D eigenvalue weighted by Gasteiger charge is -2.09. The Labute approximate surface area is 109 Å². The predicted molar refractivity (Wildman–Crippen MR) is 69.0 cm³/mol. The first-order chi connectivity index (χ1) is 8.97. The zero-order valence-corrected chi connectivity index (χ0v) is 10.5. The van der Waals surface area contributed by atoms with Gasteiger partial charge in [-0.15, -0.1) is 0 Å². The second kappa shape index (κ2) is 5.06. The molecule has 0 atom stereocenters. The van der Waals surface area contributed by atoms with Crippen LogP contribution in [-0.2, 0) is 0 Å². The maximum absolute atomic E-state index is 13.5. The average Bonchev–Trinajstić information content (AvgIpc) is 2.33. The van der Waals surface area contributed by atoms with Crippen LogP contribution in [0.4, 0.5) is 10.1 Å². The Balaban J connectivity index is 2.31. The lowest BCUT2D eigenvalue weighted by molar-refractivity contribution is -0.387. The summed E-state index contributed by atoms with van der Waals surface area (Å²) >= 11 is 0. The van der Waals surface area contributed by atoms with Crippen molar-refractivity contribution in [3.8, 4) is 11.5 Å². The van der Waals surface area contributed by atoms with E-state index in [-0.39, 0.29) is 5.75 Å². The lowest BCUT2D eigenvalue weighted by Crippen LogP contribution is -1.94. The van der Waals surface area contributed by atoms with Crippen LogP contribution in [0.25, 0.3) is 0 Å². The molecule has 2 aromatic rings. The first kappa shape index (κ1) is 13.0. The van der Waals surface area contributed by atoms with Crippen LogP contribution in [0, 0.1) is 29.8 Å². The van der Waals surface area contributed by atoms with Gasteiger partial charge in [0.1, 0.15) is 11.5 Å². The zero-order chi connectivity index (χ0) is 14.0. The summed E-state index contributed by atoms with van der Waals surface area (Å²) in [7, 11) is 0. The molecule has 0 aliphatic carbocycles. The first-order valence-corrected chi connectivity index (χ1v) is 5.66. The van der Waals surface area contributed by atoms with Gasteiger partial charge in [-0.05, 0) is 37.1 Å². The van der Waals surface area contributed by atoms with Crippen molar-refractivity contribution >= 4 is 5.69 Å². The van der Waals surface area contributed by atoms with E-state index in [0.29, 0.717) is 5.75 Å². The van der Waals surface area contributed by atoms with E-state index >= 15 is 0 Å². The van der Waals surface area contributed by atoms with Gasteiger partial charge >= 0.3 is 5.69 Å². The van der Waals surface area contributed by atoms with Crippen molar-refractivity contribution in [3.63, 3.8) is 0 Å². The van der Waals surface area contributed by atoms with Crippen molar-refractivity contribution in [3.05, 3.63) is 63.5 Å². The minimum atomic E-state index is -0.909. The van der Waals surface area contributed by atoms with Gasteiger partial charge in [-0.2, -0.15) is 4.39 Å². The summed E-state index contributed by atoms with van der Waals surface area (Å²) in [6, 6.07) is 9.15. The van der Waals surface area contributed by atoms with Crippen LogP contribution >= 0.6 is 0 Å². The number of ether oxygens (including phenoxy) is 1. The van der Waals surface area contributed by atoms with Gasteiger partial charge in [0.05, 0.1) is 4.92 Å². The van der Waals surface area contributed by atoms with E-state index in [1.807, 2.05) is 32.0 Å². The Bertz CT molecular complexity index is 641. The maximum Gasteiger partial charge on any atom is 0.305 e. The van der Waals surface area contributed by atoms with Crippen molar-refractivity contribution in [1.82, 2.24) is 0 Å². The molecule has 0 radical (unpaired) electrons. The van der Waals surface area contributed by atoms with E-state index in [0.717, 1.165) is 23.3 Å². The van der Waals surface area contributed by atoms with Crippen molar-refractivity contribution in [2.75, 3.05) is 0 Å². The molecule has 5 heteroatoms. The second-order valence-corrected chi connectivity index (χ2v) is 4.24. The fourth-order valence-corrected chi connectivity index (χ4v) is 1.64. The molecule has 2 aromatic carbocycles. The third-order valence-electron chi connectivity index (χ3n) is 2.69. The molecule has 0 N–H and O–H groups in total. The predicted octanol–water partition coefficient (Wildman–Crippen LogP) is 4.14. The molecule has 0 fully saturated rings. The minimum absolute atomic E-state index is 0.233. The zero-order valence-electron chi connectivity index (χ0n) is 10.5. The Kier molecular flexibility index (Phi) is 3.46. The summed E-state index contributed by atoms with van der Waals surface area (Å²) in [6.45, 7) is 3.79. The molecule has 0 bridgehead atoms. The molecule has 0 saturated heterocycles. The lowest BCUT2D eigenvalue weighted by atomic mass is 10.1.